The lowest BCUT2D eigenvalue weighted by Crippen LogP contribution is -2.30. The predicted octanol–water partition coefficient (Wildman–Crippen LogP) is 14.0. The summed E-state index contributed by atoms with van der Waals surface area (Å²) in [7, 11) is 3.19. The Morgan fingerprint density at radius 3 is 1.62 bits per heavy atom. The summed E-state index contributed by atoms with van der Waals surface area (Å²) in [6.45, 7) is 9.02. The molecule has 1 atom stereocenters. The molecule has 3 aromatic carbocycles. The summed E-state index contributed by atoms with van der Waals surface area (Å²) < 4.78 is 89.8. The average molecular weight is 1500 g/mol. The number of rotatable bonds is 19. The number of ether oxygens (including phenoxy) is 3. The van der Waals surface area contributed by atoms with Crippen LogP contribution >= 0.6 is 0 Å². The number of pyridine rings is 3. The van der Waals surface area contributed by atoms with Crippen LogP contribution in [0.4, 0.5) is 40.7 Å². The molecule has 0 fully saturated rings. The summed E-state index contributed by atoms with van der Waals surface area (Å²) in [5.41, 5.74) is 29.4. The molecule has 11 aromatic heterocycles. The first kappa shape index (κ1) is 71.6. The minimum absolute atomic E-state index is 0.00513. The number of hydrogen-bond acceptors (Lipinski definition) is 21. The Morgan fingerprint density at radius 1 is 0.607 bits per heavy atom. The molecule has 0 bridgehead atoms. The summed E-state index contributed by atoms with van der Waals surface area (Å²) in [6, 6.07) is 25.4. The number of halogens is 4. The second-order valence-corrected chi connectivity index (χ2v) is 27.2. The van der Waals surface area contributed by atoms with Gasteiger partial charge in [0, 0.05) is 96.2 Å². The van der Waals surface area contributed by atoms with Crippen LogP contribution in [0.3, 0.4) is 0 Å². The van der Waals surface area contributed by atoms with Gasteiger partial charge < -0.3 is 50.4 Å². The van der Waals surface area contributed by atoms with Gasteiger partial charge in [0.25, 0.3) is 5.91 Å². The molecule has 25 nitrogen and oxygen atoms in total. The van der Waals surface area contributed by atoms with Gasteiger partial charge in [-0.15, -0.1) is 12.8 Å². The van der Waals surface area contributed by atoms with E-state index in [1.54, 1.807) is 91.6 Å². The van der Waals surface area contributed by atoms with Crippen molar-refractivity contribution in [1.29, 1.82) is 0 Å². The third-order valence-electron chi connectivity index (χ3n) is 20.4. The maximum atomic E-state index is 17.2. The minimum atomic E-state index is -0.942. The van der Waals surface area contributed by atoms with Crippen molar-refractivity contribution in [2.24, 2.45) is 12.5 Å². The van der Waals surface area contributed by atoms with E-state index in [1.807, 2.05) is 22.8 Å². The van der Waals surface area contributed by atoms with Crippen LogP contribution in [-0.2, 0) is 44.2 Å². The molecule has 14 aromatic rings. The number of allylic oxidation sites excluding steroid dienone is 2. The first-order valence-electron chi connectivity index (χ1n) is 35.2. The lowest BCUT2D eigenvalue weighted by Gasteiger charge is -2.31. The number of Topliss-reactive ketones (excluding diaryl/α,β-unsaturated/α-hetero) is 1. The number of ketones is 1. The molecule has 0 saturated heterocycles. The highest BCUT2D eigenvalue weighted by Crippen LogP contribution is 2.52. The zero-order valence-corrected chi connectivity index (χ0v) is 60.7. The number of amides is 1. The van der Waals surface area contributed by atoms with E-state index in [2.05, 4.69) is 84.6 Å². The van der Waals surface area contributed by atoms with Crippen molar-refractivity contribution in [2.75, 3.05) is 29.6 Å². The average Bonchev–Trinajstić information content (AvgIpc) is 1.58. The molecule has 0 unspecified atom stereocenters. The number of nitrogen functional groups attached to an aromatic ring is 3. The number of hydrogen-bond donors (Lipinski definition) is 4. The van der Waals surface area contributed by atoms with Gasteiger partial charge in [0.05, 0.1) is 51.5 Å². The maximum absolute atomic E-state index is 17.2. The van der Waals surface area contributed by atoms with Gasteiger partial charge in [0.1, 0.15) is 70.5 Å². The molecular weight excluding hydrogens is 1430 g/mol. The number of anilines is 4. The molecule has 0 radical (unpaired) electrons. The summed E-state index contributed by atoms with van der Waals surface area (Å²) in [4.78, 5) is 84.6. The van der Waals surface area contributed by atoms with Crippen molar-refractivity contribution in [3.8, 4) is 110 Å². The minimum Gasteiger partial charge on any atom is -0.481 e. The Balaban J connectivity index is 0.692. The Labute approximate surface area is 635 Å². The smallest absolute Gasteiger partial charge is 0.322 e. The monoisotopic (exact) mass is 1500 g/mol. The quantitative estimate of drug-likeness (QED) is 0.0253. The lowest BCUT2D eigenvalue weighted by molar-refractivity contribution is -0.112. The first-order valence-corrected chi connectivity index (χ1v) is 35.2. The number of benzene rings is 3. The van der Waals surface area contributed by atoms with Crippen molar-refractivity contribution >= 4 is 73.5 Å². The molecule has 1 amide bonds. The second-order valence-electron chi connectivity index (χ2n) is 27.2. The largest absolute Gasteiger partial charge is 0.481 e. The van der Waals surface area contributed by atoms with E-state index in [0.717, 1.165) is 28.0 Å². The van der Waals surface area contributed by atoms with Crippen LogP contribution in [0.25, 0.3) is 94.7 Å². The van der Waals surface area contributed by atoms with Gasteiger partial charge >= 0.3 is 12.0 Å². The van der Waals surface area contributed by atoms with Crippen molar-refractivity contribution in [2.45, 2.75) is 72.4 Å². The fraction of sp³-hybridized carbons (Fsp3) is 0.169. The number of carbonyl (C=O) groups excluding carboxylic acids is 2. The Bertz CT molecular complexity index is 6410. The van der Waals surface area contributed by atoms with Crippen LogP contribution in [0.1, 0.15) is 81.7 Å². The van der Waals surface area contributed by atoms with Gasteiger partial charge in [-0.25, -0.2) is 63.6 Å². The van der Waals surface area contributed by atoms with Gasteiger partial charge in [-0.05, 0) is 146 Å². The fourth-order valence-electron chi connectivity index (χ4n) is 15.1. The SMILES string of the molecule is C#Cc1cc(C)c(-c2c(-c3ccc(Oc4nccc(CCn5c(-c6c(C)cc(C#C)nc6F)c(-c6ccc(Oc7nccc(CCn8c(-c9ccc(NC(=O)C(=C)C)cc9)c(C9=CC[C@@]%10(CC9)Cc9ccc(OC)nc9C%10=O)c9c(N)ncnc98)n7)c(F)c6)c6c(N)ncnc65)n4)c(F)c3)c3c(N)ncnc3n2C)c(F)n1. The van der Waals surface area contributed by atoms with Gasteiger partial charge in [-0.2, -0.15) is 18.7 Å². The summed E-state index contributed by atoms with van der Waals surface area (Å²) in [5, 5.41) is 4.09. The molecule has 1 spiro atoms. The highest BCUT2D eigenvalue weighted by Gasteiger charge is 2.48. The first-order chi connectivity index (χ1) is 54.1. The second kappa shape index (κ2) is 28.5. The molecule has 11 heterocycles. The van der Waals surface area contributed by atoms with Gasteiger partial charge in [-0.3, -0.25) is 9.59 Å². The van der Waals surface area contributed by atoms with Crippen molar-refractivity contribution < 1.29 is 41.4 Å². The van der Waals surface area contributed by atoms with Crippen LogP contribution in [-0.4, -0.2) is 97.3 Å². The number of fused-ring (bicyclic) bond motifs is 4. The Morgan fingerprint density at radius 2 is 1.12 bits per heavy atom. The fourth-order valence-corrected chi connectivity index (χ4v) is 15.1. The lowest BCUT2D eigenvalue weighted by atomic mass is 9.71. The molecule has 7 N–H and O–H groups in total. The van der Waals surface area contributed by atoms with Crippen LogP contribution in [0.5, 0.6) is 29.4 Å². The van der Waals surface area contributed by atoms with Crippen LogP contribution in [0, 0.1) is 67.5 Å². The summed E-state index contributed by atoms with van der Waals surface area (Å²) in [5.74, 6) is 1.06. The van der Waals surface area contributed by atoms with Crippen LogP contribution in [0.15, 0.2) is 147 Å². The summed E-state index contributed by atoms with van der Waals surface area (Å²) >= 11 is 0. The number of methoxy groups -OCH3 is 1. The predicted molar refractivity (Wildman–Crippen MR) is 413 cm³/mol. The molecule has 554 valence electrons. The number of nitrogens with one attached hydrogen (secondary N) is 1. The van der Waals surface area contributed by atoms with Gasteiger partial charge in [0.2, 0.25) is 17.8 Å². The topological polar surface area (TPSA) is 334 Å². The third kappa shape index (κ3) is 12.6. The molecule has 0 saturated carbocycles. The molecule has 2 aliphatic carbocycles. The van der Waals surface area contributed by atoms with Crippen molar-refractivity contribution in [3.05, 3.63) is 221 Å². The normalized spacial score (nSPS) is 13.8. The highest BCUT2D eigenvalue weighted by atomic mass is 19.1. The number of nitrogens with zero attached hydrogens (tertiary/aromatic N) is 16. The van der Waals surface area contributed by atoms with E-state index in [9.17, 15) is 9.59 Å². The number of aryl methyl sites for hydroxylation is 7. The van der Waals surface area contributed by atoms with E-state index in [4.69, 9.17) is 54.2 Å². The Kier molecular flexibility index (Phi) is 18.2. The zero-order valence-electron chi connectivity index (χ0n) is 60.7. The van der Waals surface area contributed by atoms with Gasteiger partial charge in [-0.1, -0.05) is 54.8 Å². The molecular formula is C83H64F4N20O5. The van der Waals surface area contributed by atoms with E-state index < -0.39 is 28.9 Å². The van der Waals surface area contributed by atoms with Crippen molar-refractivity contribution in [3.63, 3.8) is 0 Å². The molecule has 16 rings (SSSR count). The molecule has 112 heavy (non-hydrogen) atoms. The molecule has 2 aliphatic rings. The third-order valence-corrected chi connectivity index (χ3v) is 20.4. The zero-order chi connectivity index (χ0) is 78.1. The standard InChI is InChI=1S/C83H64F4N20O5/c1-9-49-33-42(5)59(72(86)99-49)69-62(64-74(88)93-38-96-77(64)105(69)7)46-13-18-56(54(84)35-46)111-82-92-30-24-53(103-82)26-32-107-70(60-43(6)34-50(10-2)100-73(60)87)63(66-76(90)95-40-98-79(66)107)47-14-19-57(55(85)36-47)112-81-91-29-23-52(102-81)25-31-106-68(45-11-16-51(17-12-45)101-80(109)41(3)4)61(65-75(89)94-39-97-78(65)106)44-21-27-83(28-22-44)37-48-15-20-58(110-8)104-67(48)71(83)108/h1-2,11-21,23-24,29-30,33-36,38-40H,3,22,25-28,31-32,37H2,4-8H3,(H,101,109)(H2,88,93,96)(H2,89,94,97)(H2,90,95,98)/t83-/m1/s1. The van der Waals surface area contributed by atoms with E-state index in [1.165, 1.54) is 62.8 Å². The number of terminal acetylenes is 2. The highest BCUT2D eigenvalue weighted by molar-refractivity contribution is 6.11. The molecule has 29 heteroatoms. The van der Waals surface area contributed by atoms with E-state index in [-0.39, 0.29) is 135 Å². The number of carbonyl (C=O) groups is 2. The van der Waals surface area contributed by atoms with E-state index >= 15 is 17.6 Å². The molecule has 0 aliphatic heterocycles. The number of aromatic nitrogens is 16. The van der Waals surface area contributed by atoms with Gasteiger partial charge in [0.15, 0.2) is 28.9 Å². The van der Waals surface area contributed by atoms with Crippen LogP contribution in [0.2, 0.25) is 0 Å². The van der Waals surface area contributed by atoms with Crippen LogP contribution < -0.4 is 36.7 Å². The van der Waals surface area contributed by atoms with E-state index in [0.29, 0.717) is 104 Å². The maximum Gasteiger partial charge on any atom is 0.322 e. The van der Waals surface area contributed by atoms with Crippen molar-refractivity contribution in [1.82, 2.24) is 78.5 Å². The number of nitrogens with two attached hydrogens (primary N) is 3. The Hall–Kier alpha value is -14.6. The summed E-state index contributed by atoms with van der Waals surface area (Å²) in [6.07, 6.45) is 22.7.